The van der Waals surface area contributed by atoms with Crippen LogP contribution in [0.15, 0.2) is 24.4 Å². The lowest BCUT2D eigenvalue weighted by molar-refractivity contribution is -0.383. The maximum Gasteiger partial charge on any atom is 0.278 e. The molecule has 21 heavy (non-hydrogen) atoms. The van der Waals surface area contributed by atoms with Crippen molar-refractivity contribution in [3.05, 3.63) is 40.2 Å². The fourth-order valence-corrected chi connectivity index (χ4v) is 2.68. The maximum absolute atomic E-state index is 11.1. The summed E-state index contributed by atoms with van der Waals surface area (Å²) in [4.78, 5) is 15.0. The number of aryl methyl sites for hydroxylation is 1. The average molecular weight is 286 g/mol. The summed E-state index contributed by atoms with van der Waals surface area (Å²) in [5.74, 6) is 0.614. The van der Waals surface area contributed by atoms with Gasteiger partial charge in [-0.2, -0.15) is 0 Å². The normalized spacial score (nSPS) is 15.9. The van der Waals surface area contributed by atoms with E-state index in [1.165, 1.54) is 18.9 Å². The molecule has 6 heteroatoms. The van der Waals surface area contributed by atoms with E-state index >= 15 is 0 Å². The van der Waals surface area contributed by atoms with Gasteiger partial charge in [0.1, 0.15) is 0 Å². The highest BCUT2D eigenvalue weighted by Crippen LogP contribution is 2.36. The van der Waals surface area contributed by atoms with Gasteiger partial charge in [-0.05, 0) is 37.8 Å². The summed E-state index contributed by atoms with van der Waals surface area (Å²) in [6.07, 6.45) is 3.96. The molecule has 0 amide bonds. The van der Waals surface area contributed by atoms with Gasteiger partial charge >= 0.3 is 0 Å². The number of nitrogens with one attached hydrogen (secondary N) is 1. The molecule has 1 heterocycles. The second kappa shape index (κ2) is 5.29. The van der Waals surface area contributed by atoms with Crippen molar-refractivity contribution in [2.24, 2.45) is 11.7 Å². The number of non-ortho nitro benzene ring substituents is 1. The Kier molecular flexibility index (Phi) is 3.47. The van der Waals surface area contributed by atoms with Crippen molar-refractivity contribution < 1.29 is 4.92 Å². The molecule has 0 spiro atoms. The fourth-order valence-electron chi connectivity index (χ4n) is 2.68. The van der Waals surface area contributed by atoms with E-state index in [1.807, 2.05) is 13.0 Å². The van der Waals surface area contributed by atoms with Gasteiger partial charge in [0.25, 0.3) is 5.69 Å². The summed E-state index contributed by atoms with van der Waals surface area (Å²) >= 11 is 0. The van der Waals surface area contributed by atoms with Gasteiger partial charge in [-0.1, -0.05) is 0 Å². The first-order chi connectivity index (χ1) is 10.1. The predicted molar refractivity (Wildman–Crippen MR) is 82.3 cm³/mol. The number of hydrogen-bond donors (Lipinski definition) is 2. The number of benzene rings is 1. The Labute approximate surface area is 122 Å². The number of pyridine rings is 1. The molecule has 1 aromatic heterocycles. The standard InChI is InChI=1S/C15H18N4O2/c1-9-6-11-12(8-17-9)15(19(20)21)5-4-13(11)18-14(7-16)10-2-3-10/h4-6,8,10,14,18H,2-3,7,16H2,1H3. The van der Waals surface area contributed by atoms with E-state index in [4.69, 9.17) is 5.73 Å². The highest BCUT2D eigenvalue weighted by atomic mass is 16.6. The summed E-state index contributed by atoms with van der Waals surface area (Å²) in [6.45, 7) is 2.44. The molecule has 2 aromatic rings. The largest absolute Gasteiger partial charge is 0.380 e. The molecule has 110 valence electrons. The predicted octanol–water partition coefficient (Wildman–Crippen LogP) is 2.60. The smallest absolute Gasteiger partial charge is 0.278 e. The summed E-state index contributed by atoms with van der Waals surface area (Å²) in [6, 6.07) is 5.40. The zero-order valence-electron chi connectivity index (χ0n) is 11.9. The van der Waals surface area contributed by atoms with Crippen LogP contribution in [0.25, 0.3) is 10.8 Å². The van der Waals surface area contributed by atoms with Crippen molar-refractivity contribution in [3.63, 3.8) is 0 Å². The third-order valence-electron chi connectivity index (χ3n) is 4.00. The van der Waals surface area contributed by atoms with E-state index in [1.54, 1.807) is 12.3 Å². The summed E-state index contributed by atoms with van der Waals surface area (Å²) < 4.78 is 0. The summed E-state index contributed by atoms with van der Waals surface area (Å²) in [5.41, 5.74) is 7.64. The third kappa shape index (κ3) is 2.67. The molecule has 0 saturated heterocycles. The van der Waals surface area contributed by atoms with E-state index in [2.05, 4.69) is 10.3 Å². The van der Waals surface area contributed by atoms with Gasteiger partial charge in [-0.15, -0.1) is 0 Å². The topological polar surface area (TPSA) is 94.1 Å². The highest BCUT2D eigenvalue weighted by molar-refractivity contribution is 5.99. The molecular formula is C15H18N4O2. The molecule has 0 aliphatic heterocycles. The van der Waals surface area contributed by atoms with E-state index < -0.39 is 0 Å². The Hall–Kier alpha value is -2.21. The Balaban J connectivity index is 2.07. The van der Waals surface area contributed by atoms with Gasteiger partial charge in [-0.3, -0.25) is 15.1 Å². The van der Waals surface area contributed by atoms with Gasteiger partial charge < -0.3 is 11.1 Å². The Morgan fingerprint density at radius 1 is 1.48 bits per heavy atom. The van der Waals surface area contributed by atoms with Crippen molar-refractivity contribution >= 4 is 22.1 Å². The molecule has 1 unspecified atom stereocenters. The minimum atomic E-state index is -0.371. The van der Waals surface area contributed by atoms with Crippen LogP contribution in [0.1, 0.15) is 18.5 Å². The van der Waals surface area contributed by atoms with E-state index in [9.17, 15) is 10.1 Å². The van der Waals surface area contributed by atoms with Crippen LogP contribution < -0.4 is 11.1 Å². The number of nitro benzene ring substituents is 1. The SMILES string of the molecule is Cc1cc2c(NC(CN)C3CC3)ccc([N+](=O)[O-])c2cn1. The van der Waals surface area contributed by atoms with Crippen LogP contribution in [-0.2, 0) is 0 Å². The van der Waals surface area contributed by atoms with Gasteiger partial charge in [0.15, 0.2) is 0 Å². The number of rotatable bonds is 5. The number of fused-ring (bicyclic) bond motifs is 1. The molecule has 1 aromatic carbocycles. The number of nitro groups is 1. The van der Waals surface area contributed by atoms with E-state index in [0.29, 0.717) is 17.8 Å². The molecule has 3 N–H and O–H groups in total. The van der Waals surface area contributed by atoms with Crippen LogP contribution in [0.5, 0.6) is 0 Å². The summed E-state index contributed by atoms with van der Waals surface area (Å²) in [7, 11) is 0. The quantitative estimate of drug-likeness (QED) is 0.651. The third-order valence-corrected chi connectivity index (χ3v) is 4.00. The first kappa shape index (κ1) is 13.8. The Morgan fingerprint density at radius 2 is 2.24 bits per heavy atom. The van der Waals surface area contributed by atoms with Crippen LogP contribution in [0, 0.1) is 23.0 Å². The molecule has 0 bridgehead atoms. The number of anilines is 1. The van der Waals surface area contributed by atoms with Crippen molar-refractivity contribution in [3.8, 4) is 0 Å². The van der Waals surface area contributed by atoms with Crippen molar-refractivity contribution in [1.82, 2.24) is 4.98 Å². The summed E-state index contributed by atoms with van der Waals surface area (Å²) in [5, 5.41) is 16.0. The zero-order valence-corrected chi connectivity index (χ0v) is 11.9. The number of hydrogen-bond acceptors (Lipinski definition) is 5. The monoisotopic (exact) mass is 286 g/mol. The lowest BCUT2D eigenvalue weighted by Gasteiger charge is -2.19. The zero-order chi connectivity index (χ0) is 15.0. The van der Waals surface area contributed by atoms with Crippen LogP contribution in [0.2, 0.25) is 0 Å². The van der Waals surface area contributed by atoms with Gasteiger partial charge in [0.05, 0.1) is 10.3 Å². The highest BCUT2D eigenvalue weighted by Gasteiger charge is 2.30. The maximum atomic E-state index is 11.1. The van der Waals surface area contributed by atoms with E-state index in [-0.39, 0.29) is 16.7 Å². The molecule has 1 atom stereocenters. The molecule has 1 fully saturated rings. The van der Waals surface area contributed by atoms with Crippen molar-refractivity contribution in [2.45, 2.75) is 25.8 Å². The van der Waals surface area contributed by atoms with Crippen LogP contribution in [0.3, 0.4) is 0 Å². The first-order valence-corrected chi connectivity index (χ1v) is 7.10. The van der Waals surface area contributed by atoms with Crippen LogP contribution in [-0.4, -0.2) is 22.5 Å². The van der Waals surface area contributed by atoms with Crippen molar-refractivity contribution in [1.29, 1.82) is 0 Å². The minimum Gasteiger partial charge on any atom is -0.380 e. The second-order valence-corrected chi connectivity index (χ2v) is 5.58. The second-order valence-electron chi connectivity index (χ2n) is 5.58. The number of nitrogens with zero attached hydrogens (tertiary/aromatic N) is 2. The lowest BCUT2D eigenvalue weighted by atomic mass is 10.1. The molecule has 6 nitrogen and oxygen atoms in total. The molecule has 1 aliphatic carbocycles. The Morgan fingerprint density at radius 3 is 2.86 bits per heavy atom. The first-order valence-electron chi connectivity index (χ1n) is 7.10. The van der Waals surface area contributed by atoms with Crippen LogP contribution >= 0.6 is 0 Å². The molecule has 1 aliphatic rings. The number of aromatic nitrogens is 1. The van der Waals surface area contributed by atoms with Gasteiger partial charge in [0.2, 0.25) is 0 Å². The van der Waals surface area contributed by atoms with Crippen LogP contribution in [0.4, 0.5) is 11.4 Å². The Bertz CT molecular complexity index is 697. The average Bonchev–Trinajstić information content (AvgIpc) is 3.28. The van der Waals surface area contributed by atoms with Gasteiger partial charge in [-0.25, -0.2) is 0 Å². The van der Waals surface area contributed by atoms with Gasteiger partial charge in [0, 0.05) is 41.6 Å². The molecule has 3 rings (SSSR count). The minimum absolute atomic E-state index is 0.0822. The fraction of sp³-hybridized carbons (Fsp3) is 0.400. The lowest BCUT2D eigenvalue weighted by Crippen LogP contribution is -2.30. The van der Waals surface area contributed by atoms with Crippen molar-refractivity contribution in [2.75, 3.05) is 11.9 Å². The molecule has 1 saturated carbocycles. The van der Waals surface area contributed by atoms with E-state index in [0.717, 1.165) is 16.8 Å². The molecule has 0 radical (unpaired) electrons. The number of nitrogens with two attached hydrogens (primary N) is 1. The molecular weight excluding hydrogens is 268 g/mol.